The highest BCUT2D eigenvalue weighted by atomic mass is 32.2. The number of thioether (sulfide) groups is 1. The van der Waals surface area contributed by atoms with Gasteiger partial charge in [0.05, 0.1) is 24.7 Å². The van der Waals surface area contributed by atoms with Gasteiger partial charge in [0.1, 0.15) is 5.75 Å². The highest BCUT2D eigenvalue weighted by Gasteiger charge is 2.40. The normalized spacial score (nSPS) is 19.1. The van der Waals surface area contributed by atoms with Crippen LogP contribution in [0.1, 0.15) is 6.42 Å². The molecule has 1 N–H and O–H groups in total. The number of carbonyl (C=O) groups is 2. The largest absolute Gasteiger partial charge is 0.495 e. The number of methoxy groups -OCH3 is 1. The van der Waals surface area contributed by atoms with Gasteiger partial charge < -0.3 is 9.84 Å². The van der Waals surface area contributed by atoms with Gasteiger partial charge in [0.15, 0.2) is 0 Å². The zero-order valence-electron chi connectivity index (χ0n) is 10.5. The molecule has 5 nitrogen and oxygen atoms in total. The van der Waals surface area contributed by atoms with E-state index in [0.717, 1.165) is 0 Å². The van der Waals surface area contributed by atoms with E-state index in [1.807, 2.05) is 0 Å². The third kappa shape index (κ3) is 2.74. The molecule has 0 aromatic heterocycles. The number of amides is 2. The molecule has 1 saturated heterocycles. The van der Waals surface area contributed by atoms with Crippen molar-refractivity contribution in [1.82, 2.24) is 0 Å². The van der Waals surface area contributed by atoms with Gasteiger partial charge in [0.2, 0.25) is 11.8 Å². The van der Waals surface area contributed by atoms with E-state index in [1.165, 1.54) is 23.8 Å². The van der Waals surface area contributed by atoms with Crippen LogP contribution in [-0.4, -0.2) is 41.6 Å². The van der Waals surface area contributed by atoms with E-state index >= 15 is 0 Å². The van der Waals surface area contributed by atoms with E-state index in [2.05, 4.69) is 0 Å². The minimum atomic E-state index is -0.412. The minimum absolute atomic E-state index is 0.00268. The second-order valence-electron chi connectivity index (χ2n) is 4.03. The van der Waals surface area contributed by atoms with Crippen molar-refractivity contribution in [2.24, 2.45) is 0 Å². The number of aliphatic hydroxyl groups is 1. The quantitative estimate of drug-likeness (QED) is 0.817. The molecule has 0 saturated carbocycles. The van der Waals surface area contributed by atoms with Gasteiger partial charge in [0.25, 0.3) is 0 Å². The molecule has 102 valence electrons. The van der Waals surface area contributed by atoms with Crippen LogP contribution in [0.5, 0.6) is 5.75 Å². The van der Waals surface area contributed by atoms with Crippen molar-refractivity contribution in [2.75, 3.05) is 24.4 Å². The van der Waals surface area contributed by atoms with Crippen LogP contribution in [0, 0.1) is 0 Å². The third-order valence-corrected chi connectivity index (χ3v) is 4.03. The van der Waals surface area contributed by atoms with Crippen LogP contribution in [0.25, 0.3) is 0 Å². The molecule has 0 spiro atoms. The number of carbonyl (C=O) groups excluding carboxylic acids is 2. The summed E-state index contributed by atoms with van der Waals surface area (Å²) in [6.45, 7) is -0.00268. The van der Waals surface area contributed by atoms with E-state index in [9.17, 15) is 9.59 Å². The molecule has 0 unspecified atom stereocenters. The molecule has 1 atom stereocenters. The van der Waals surface area contributed by atoms with Crippen LogP contribution in [0.4, 0.5) is 5.69 Å². The molecule has 0 bridgehead atoms. The Morgan fingerprint density at radius 1 is 1.42 bits per heavy atom. The number of anilines is 1. The Labute approximate surface area is 115 Å². The Morgan fingerprint density at radius 2 is 2.16 bits per heavy atom. The van der Waals surface area contributed by atoms with Crippen molar-refractivity contribution in [3.63, 3.8) is 0 Å². The fraction of sp³-hybridized carbons (Fsp3) is 0.385. The maximum Gasteiger partial charge on any atom is 0.247 e. The molecule has 19 heavy (non-hydrogen) atoms. The molecule has 1 aliphatic rings. The summed E-state index contributed by atoms with van der Waals surface area (Å²) in [6, 6.07) is 6.94. The fourth-order valence-corrected chi connectivity index (χ4v) is 2.90. The molecule has 1 aromatic rings. The van der Waals surface area contributed by atoms with Gasteiger partial charge in [-0.05, 0) is 12.1 Å². The van der Waals surface area contributed by atoms with Crippen LogP contribution in [0.15, 0.2) is 24.3 Å². The maximum atomic E-state index is 12.2. The SMILES string of the molecule is COc1ccccc1N1C(=O)C[C@@H](SCCO)C1=O. The smallest absolute Gasteiger partial charge is 0.247 e. The molecule has 2 rings (SSSR count). The lowest BCUT2D eigenvalue weighted by atomic mass is 10.2. The number of hydrogen-bond donors (Lipinski definition) is 1. The van der Waals surface area contributed by atoms with E-state index in [1.54, 1.807) is 24.3 Å². The number of benzene rings is 1. The van der Waals surface area contributed by atoms with Gasteiger partial charge in [-0.2, -0.15) is 0 Å². The zero-order valence-corrected chi connectivity index (χ0v) is 11.4. The molecule has 2 amide bonds. The van der Waals surface area contributed by atoms with Crippen LogP contribution in [-0.2, 0) is 9.59 Å². The second-order valence-corrected chi connectivity index (χ2v) is 5.34. The molecular weight excluding hydrogens is 266 g/mol. The Morgan fingerprint density at radius 3 is 2.84 bits per heavy atom. The first-order valence-electron chi connectivity index (χ1n) is 5.91. The van der Waals surface area contributed by atoms with Crippen LogP contribution >= 0.6 is 11.8 Å². The minimum Gasteiger partial charge on any atom is -0.495 e. The number of para-hydroxylation sites is 2. The fourth-order valence-electron chi connectivity index (χ4n) is 2.00. The van der Waals surface area contributed by atoms with Gasteiger partial charge in [0, 0.05) is 12.2 Å². The van der Waals surface area contributed by atoms with Crippen molar-refractivity contribution in [1.29, 1.82) is 0 Å². The lowest BCUT2D eigenvalue weighted by Crippen LogP contribution is -2.31. The van der Waals surface area contributed by atoms with E-state index < -0.39 is 5.25 Å². The summed E-state index contributed by atoms with van der Waals surface area (Å²) >= 11 is 1.30. The molecule has 0 radical (unpaired) electrons. The highest BCUT2D eigenvalue weighted by Crippen LogP contribution is 2.34. The molecule has 6 heteroatoms. The van der Waals surface area contributed by atoms with E-state index in [0.29, 0.717) is 17.2 Å². The summed E-state index contributed by atoms with van der Waals surface area (Å²) in [5.41, 5.74) is 0.479. The standard InChI is InChI=1S/C13H15NO4S/c1-18-10-5-3-2-4-9(10)14-12(16)8-11(13(14)17)19-7-6-15/h2-5,11,15H,6-8H2,1H3/t11-/m1/s1. The first-order chi connectivity index (χ1) is 9.19. The average molecular weight is 281 g/mol. The summed E-state index contributed by atoms with van der Waals surface area (Å²) in [4.78, 5) is 25.4. The van der Waals surface area contributed by atoms with Crippen LogP contribution in [0.2, 0.25) is 0 Å². The summed E-state index contributed by atoms with van der Waals surface area (Å²) in [5.74, 6) is 0.471. The van der Waals surface area contributed by atoms with Gasteiger partial charge >= 0.3 is 0 Å². The lowest BCUT2D eigenvalue weighted by Gasteiger charge is -2.17. The molecule has 1 heterocycles. The molecular formula is C13H15NO4S. The molecule has 1 aromatic carbocycles. The van der Waals surface area contributed by atoms with Gasteiger partial charge in [-0.3, -0.25) is 9.59 Å². The summed E-state index contributed by atoms with van der Waals surface area (Å²) in [7, 11) is 1.50. The summed E-state index contributed by atoms with van der Waals surface area (Å²) < 4.78 is 5.18. The Hall–Kier alpha value is -1.53. The van der Waals surface area contributed by atoms with Crippen molar-refractivity contribution in [3.05, 3.63) is 24.3 Å². The Bertz CT molecular complexity index is 491. The van der Waals surface area contributed by atoms with Crippen LogP contribution in [0.3, 0.4) is 0 Å². The van der Waals surface area contributed by atoms with Crippen LogP contribution < -0.4 is 9.64 Å². The van der Waals surface area contributed by atoms with Crippen molar-refractivity contribution in [3.8, 4) is 5.75 Å². The monoisotopic (exact) mass is 281 g/mol. The molecule has 0 aliphatic carbocycles. The first kappa shape index (κ1) is 13.9. The Balaban J connectivity index is 2.25. The zero-order chi connectivity index (χ0) is 13.8. The predicted molar refractivity (Wildman–Crippen MR) is 73.4 cm³/mol. The number of rotatable bonds is 5. The van der Waals surface area contributed by atoms with Gasteiger partial charge in [-0.1, -0.05) is 12.1 Å². The number of nitrogens with zero attached hydrogens (tertiary/aromatic N) is 1. The Kier molecular flexibility index (Phi) is 4.44. The predicted octanol–water partition coefficient (Wildman–Crippen LogP) is 1.05. The molecule has 1 fully saturated rings. The summed E-state index contributed by atoms with van der Waals surface area (Å²) in [6.07, 6.45) is 0.168. The second kappa shape index (κ2) is 6.08. The maximum absolute atomic E-state index is 12.2. The topological polar surface area (TPSA) is 66.8 Å². The van der Waals surface area contributed by atoms with Crippen molar-refractivity contribution >= 4 is 29.3 Å². The number of hydrogen-bond acceptors (Lipinski definition) is 5. The van der Waals surface area contributed by atoms with Crippen molar-refractivity contribution in [2.45, 2.75) is 11.7 Å². The summed E-state index contributed by atoms with van der Waals surface area (Å²) in [5, 5.41) is 8.38. The molecule has 1 aliphatic heterocycles. The number of imide groups is 1. The van der Waals surface area contributed by atoms with Gasteiger partial charge in [-0.25, -0.2) is 4.90 Å². The van der Waals surface area contributed by atoms with Gasteiger partial charge in [-0.15, -0.1) is 11.8 Å². The highest BCUT2D eigenvalue weighted by molar-refractivity contribution is 8.00. The number of ether oxygens (including phenoxy) is 1. The van der Waals surface area contributed by atoms with Crippen molar-refractivity contribution < 1.29 is 19.4 Å². The lowest BCUT2D eigenvalue weighted by molar-refractivity contribution is -0.121. The third-order valence-electron chi connectivity index (χ3n) is 2.84. The number of aliphatic hydroxyl groups excluding tert-OH is 1. The van der Waals surface area contributed by atoms with E-state index in [-0.39, 0.29) is 24.8 Å². The van der Waals surface area contributed by atoms with E-state index in [4.69, 9.17) is 9.84 Å². The first-order valence-corrected chi connectivity index (χ1v) is 6.96. The average Bonchev–Trinajstić information content (AvgIpc) is 2.71.